The number of nitrogens with one attached hydrogen (secondary N) is 2. The largest absolute Gasteiger partial charge is 0.492 e. The number of benzene rings is 2. The fourth-order valence-electron chi connectivity index (χ4n) is 3.77. The Kier molecular flexibility index (Phi) is 6.85. The van der Waals surface area contributed by atoms with Crippen molar-refractivity contribution in [1.29, 1.82) is 0 Å². The van der Waals surface area contributed by atoms with Crippen molar-refractivity contribution in [1.82, 2.24) is 15.5 Å². The lowest BCUT2D eigenvalue weighted by Gasteiger charge is -2.31. The first-order valence-electron chi connectivity index (χ1n) is 9.79. The van der Waals surface area contributed by atoms with Crippen LogP contribution in [-0.4, -0.2) is 56.0 Å². The lowest BCUT2D eigenvalue weighted by atomic mass is 10.0. The number of likely N-dealkylation sites (N-methyl/N-ethyl adjacent to an activating group) is 2. The Morgan fingerprint density at radius 1 is 1.14 bits per heavy atom. The smallest absolute Gasteiger partial charge is 0.255 e. The molecule has 1 aliphatic heterocycles. The first kappa shape index (κ1) is 20.8. The highest BCUT2D eigenvalue weighted by atomic mass is 16.5. The van der Waals surface area contributed by atoms with Gasteiger partial charge in [0.2, 0.25) is 5.91 Å². The standard InChI is InChI=1S/C22H28N4O3/c1-24-11-12-29-17-10-6-9-16(13-17)22(28)26-19(21(27)25-2)14-18(23)20(26)15-7-4-3-5-8-15/h3-10,13,18-20,24H,11-12,14,23H2,1-2H3,(H,25,27)/t18-,19+,20+/m1/s1. The molecule has 0 aromatic heterocycles. The molecule has 0 aliphatic carbocycles. The molecular weight excluding hydrogens is 368 g/mol. The number of rotatable bonds is 7. The average molecular weight is 396 g/mol. The first-order chi connectivity index (χ1) is 14.1. The number of carbonyl (C=O) groups is 2. The number of hydrogen-bond donors (Lipinski definition) is 3. The lowest BCUT2D eigenvalue weighted by molar-refractivity contribution is -0.124. The summed E-state index contributed by atoms with van der Waals surface area (Å²) in [6.07, 6.45) is 0.406. The summed E-state index contributed by atoms with van der Waals surface area (Å²) in [4.78, 5) is 27.7. The predicted molar refractivity (Wildman–Crippen MR) is 112 cm³/mol. The molecule has 4 N–H and O–H groups in total. The molecule has 3 rings (SSSR count). The van der Waals surface area contributed by atoms with Crippen LogP contribution in [0.25, 0.3) is 0 Å². The minimum Gasteiger partial charge on any atom is -0.492 e. The van der Waals surface area contributed by atoms with Crippen molar-refractivity contribution in [3.05, 3.63) is 65.7 Å². The van der Waals surface area contributed by atoms with Gasteiger partial charge in [0, 0.05) is 25.2 Å². The second-order valence-corrected chi connectivity index (χ2v) is 7.08. The van der Waals surface area contributed by atoms with Crippen molar-refractivity contribution >= 4 is 11.8 Å². The Bertz CT molecular complexity index is 843. The van der Waals surface area contributed by atoms with Gasteiger partial charge >= 0.3 is 0 Å². The van der Waals surface area contributed by atoms with Crippen LogP contribution < -0.4 is 21.1 Å². The highest BCUT2D eigenvalue weighted by molar-refractivity contribution is 5.98. The van der Waals surface area contributed by atoms with Crippen molar-refractivity contribution in [3.8, 4) is 5.75 Å². The zero-order chi connectivity index (χ0) is 20.8. The Labute approximate surface area is 171 Å². The third kappa shape index (κ3) is 4.58. The van der Waals surface area contributed by atoms with E-state index in [0.717, 1.165) is 5.56 Å². The molecule has 29 heavy (non-hydrogen) atoms. The second kappa shape index (κ2) is 9.54. The van der Waals surface area contributed by atoms with E-state index in [1.807, 2.05) is 43.4 Å². The van der Waals surface area contributed by atoms with Crippen LogP contribution in [0.4, 0.5) is 0 Å². The Morgan fingerprint density at radius 2 is 1.90 bits per heavy atom. The maximum Gasteiger partial charge on any atom is 0.255 e. The number of nitrogens with zero attached hydrogens (tertiary/aromatic N) is 1. The molecule has 1 fully saturated rings. The van der Waals surface area contributed by atoms with Gasteiger partial charge in [-0.2, -0.15) is 0 Å². The molecule has 2 aromatic rings. The van der Waals surface area contributed by atoms with Crippen LogP contribution in [0, 0.1) is 0 Å². The highest BCUT2D eigenvalue weighted by Gasteiger charge is 2.46. The van der Waals surface area contributed by atoms with Gasteiger partial charge in [-0.15, -0.1) is 0 Å². The van der Waals surface area contributed by atoms with Gasteiger partial charge in [0.25, 0.3) is 5.91 Å². The second-order valence-electron chi connectivity index (χ2n) is 7.08. The summed E-state index contributed by atoms with van der Waals surface area (Å²) < 4.78 is 5.69. The summed E-state index contributed by atoms with van der Waals surface area (Å²) in [6.45, 7) is 1.20. The van der Waals surface area contributed by atoms with E-state index >= 15 is 0 Å². The van der Waals surface area contributed by atoms with E-state index in [9.17, 15) is 9.59 Å². The molecule has 0 bridgehead atoms. The van der Waals surface area contributed by atoms with E-state index in [-0.39, 0.29) is 23.9 Å². The van der Waals surface area contributed by atoms with E-state index in [1.165, 1.54) is 0 Å². The van der Waals surface area contributed by atoms with Crippen LogP contribution in [0.5, 0.6) is 5.75 Å². The van der Waals surface area contributed by atoms with Gasteiger partial charge in [-0.3, -0.25) is 9.59 Å². The van der Waals surface area contributed by atoms with E-state index in [0.29, 0.717) is 30.9 Å². The molecule has 0 saturated carbocycles. The fraction of sp³-hybridized carbons (Fsp3) is 0.364. The number of hydrogen-bond acceptors (Lipinski definition) is 5. The van der Waals surface area contributed by atoms with Gasteiger partial charge in [-0.05, 0) is 37.2 Å². The Hall–Kier alpha value is -2.90. The summed E-state index contributed by atoms with van der Waals surface area (Å²) in [7, 11) is 3.42. The number of ether oxygens (including phenoxy) is 1. The number of nitrogens with two attached hydrogens (primary N) is 1. The topological polar surface area (TPSA) is 96.7 Å². The number of amides is 2. The average Bonchev–Trinajstić information content (AvgIpc) is 3.10. The maximum absolute atomic E-state index is 13.5. The molecule has 2 aromatic carbocycles. The normalized spacial score (nSPS) is 21.1. The first-order valence-corrected chi connectivity index (χ1v) is 9.79. The van der Waals surface area contributed by atoms with Crippen molar-refractivity contribution in [2.75, 3.05) is 27.2 Å². The minimum absolute atomic E-state index is 0.214. The number of likely N-dealkylation sites (tertiary alicyclic amines) is 1. The van der Waals surface area contributed by atoms with Crippen LogP contribution in [-0.2, 0) is 4.79 Å². The molecule has 2 amide bonds. The molecule has 0 spiro atoms. The molecule has 1 aliphatic rings. The fourth-order valence-corrected chi connectivity index (χ4v) is 3.77. The Balaban J connectivity index is 1.93. The highest BCUT2D eigenvalue weighted by Crippen LogP contribution is 2.37. The van der Waals surface area contributed by atoms with E-state index < -0.39 is 6.04 Å². The molecule has 0 unspecified atom stereocenters. The van der Waals surface area contributed by atoms with Crippen LogP contribution in [0.15, 0.2) is 54.6 Å². The summed E-state index contributed by atoms with van der Waals surface area (Å²) in [6, 6.07) is 15.3. The minimum atomic E-state index is -0.624. The lowest BCUT2D eigenvalue weighted by Crippen LogP contribution is -2.46. The molecule has 1 saturated heterocycles. The van der Waals surface area contributed by atoms with Crippen LogP contribution >= 0.6 is 0 Å². The number of carbonyl (C=O) groups excluding carboxylic acids is 2. The van der Waals surface area contributed by atoms with Gasteiger partial charge in [0.15, 0.2) is 0 Å². The predicted octanol–water partition coefficient (Wildman–Crippen LogP) is 1.31. The monoisotopic (exact) mass is 396 g/mol. The molecule has 3 atom stereocenters. The van der Waals surface area contributed by atoms with E-state index in [4.69, 9.17) is 10.5 Å². The van der Waals surface area contributed by atoms with Crippen molar-refractivity contribution < 1.29 is 14.3 Å². The van der Waals surface area contributed by atoms with Crippen LogP contribution in [0.2, 0.25) is 0 Å². The van der Waals surface area contributed by atoms with E-state index in [2.05, 4.69) is 10.6 Å². The molecular formula is C22H28N4O3. The van der Waals surface area contributed by atoms with Crippen LogP contribution in [0.3, 0.4) is 0 Å². The van der Waals surface area contributed by atoms with E-state index in [1.54, 1.807) is 30.1 Å². The van der Waals surface area contributed by atoms with Gasteiger partial charge in [-0.25, -0.2) is 0 Å². The zero-order valence-electron chi connectivity index (χ0n) is 16.8. The SMILES string of the molecule is CNCCOc1cccc(C(=O)N2[C@H](C(=O)NC)C[C@@H](N)[C@@H]2c2ccccc2)c1. The molecule has 7 nitrogen and oxygen atoms in total. The van der Waals surface area contributed by atoms with Gasteiger partial charge < -0.3 is 26.0 Å². The third-order valence-corrected chi connectivity index (χ3v) is 5.16. The van der Waals surface area contributed by atoms with Crippen molar-refractivity contribution in [3.63, 3.8) is 0 Å². The maximum atomic E-state index is 13.5. The molecule has 7 heteroatoms. The van der Waals surface area contributed by atoms with Crippen molar-refractivity contribution in [2.24, 2.45) is 5.73 Å². The Morgan fingerprint density at radius 3 is 2.59 bits per heavy atom. The summed E-state index contributed by atoms with van der Waals surface area (Å²) >= 11 is 0. The van der Waals surface area contributed by atoms with Crippen molar-refractivity contribution in [2.45, 2.75) is 24.5 Å². The zero-order valence-corrected chi connectivity index (χ0v) is 16.8. The molecule has 154 valence electrons. The molecule has 1 heterocycles. The summed E-state index contributed by atoms with van der Waals surface area (Å²) in [5.74, 6) is 0.162. The summed E-state index contributed by atoms with van der Waals surface area (Å²) in [5.41, 5.74) is 7.79. The quantitative estimate of drug-likeness (QED) is 0.614. The third-order valence-electron chi connectivity index (χ3n) is 5.16. The van der Waals surface area contributed by atoms with Gasteiger partial charge in [0.1, 0.15) is 18.4 Å². The van der Waals surface area contributed by atoms with Gasteiger partial charge in [0.05, 0.1) is 6.04 Å². The van der Waals surface area contributed by atoms with Crippen LogP contribution in [0.1, 0.15) is 28.4 Å². The summed E-state index contributed by atoms with van der Waals surface area (Å²) in [5, 5.41) is 5.68. The molecule has 0 radical (unpaired) electrons. The van der Waals surface area contributed by atoms with Gasteiger partial charge in [-0.1, -0.05) is 36.4 Å².